The summed E-state index contributed by atoms with van der Waals surface area (Å²) >= 11 is 4.76. The van der Waals surface area contributed by atoms with E-state index < -0.39 is 10.9 Å². The van der Waals surface area contributed by atoms with Crippen molar-refractivity contribution in [3.05, 3.63) is 54.7 Å². The number of rotatable bonds is 5. The van der Waals surface area contributed by atoms with Gasteiger partial charge < -0.3 is 9.84 Å². The van der Waals surface area contributed by atoms with Gasteiger partial charge in [-0.3, -0.25) is 10.1 Å². The molecule has 0 radical (unpaired) electrons. The Labute approximate surface area is 125 Å². The second-order valence-corrected chi connectivity index (χ2v) is 5.68. The first kappa shape index (κ1) is 14.5. The molecule has 20 heavy (non-hydrogen) atoms. The van der Waals surface area contributed by atoms with Crippen LogP contribution < -0.4 is 4.74 Å². The van der Waals surface area contributed by atoms with Crippen LogP contribution in [0.25, 0.3) is 0 Å². The maximum atomic E-state index is 10.9. The SMILES string of the molecule is O=C(O)c1ccc(OCc2cc(Br)cs2)c([N+](=O)[O-])c1. The predicted octanol–water partition coefficient (Wildman–Crippen LogP) is 3.70. The van der Waals surface area contributed by atoms with E-state index in [0.717, 1.165) is 15.4 Å². The molecule has 0 atom stereocenters. The third-order valence-electron chi connectivity index (χ3n) is 2.39. The number of nitro benzene ring substituents is 1. The average molecular weight is 358 g/mol. The minimum Gasteiger partial charge on any atom is -0.481 e. The van der Waals surface area contributed by atoms with E-state index in [-0.39, 0.29) is 23.6 Å². The van der Waals surface area contributed by atoms with Crippen molar-refractivity contribution >= 4 is 38.9 Å². The molecule has 0 spiro atoms. The molecule has 0 saturated heterocycles. The lowest BCUT2D eigenvalue weighted by atomic mass is 10.2. The van der Waals surface area contributed by atoms with E-state index in [0.29, 0.717) is 0 Å². The van der Waals surface area contributed by atoms with Crippen molar-refractivity contribution in [1.82, 2.24) is 0 Å². The van der Waals surface area contributed by atoms with Gasteiger partial charge in [0, 0.05) is 20.8 Å². The van der Waals surface area contributed by atoms with Crippen LogP contribution in [0.4, 0.5) is 5.69 Å². The smallest absolute Gasteiger partial charge is 0.335 e. The summed E-state index contributed by atoms with van der Waals surface area (Å²) in [5, 5.41) is 21.6. The average Bonchev–Trinajstić information content (AvgIpc) is 2.81. The molecule has 2 aromatic rings. The third kappa shape index (κ3) is 3.34. The van der Waals surface area contributed by atoms with Gasteiger partial charge in [0.15, 0.2) is 5.75 Å². The van der Waals surface area contributed by atoms with Gasteiger partial charge in [0.25, 0.3) is 0 Å². The van der Waals surface area contributed by atoms with Crippen molar-refractivity contribution in [1.29, 1.82) is 0 Å². The molecule has 0 fully saturated rings. The molecule has 0 aliphatic rings. The Morgan fingerprint density at radius 2 is 2.20 bits per heavy atom. The lowest BCUT2D eigenvalue weighted by Crippen LogP contribution is -2.01. The Balaban J connectivity index is 2.22. The number of thiophene rings is 1. The van der Waals surface area contributed by atoms with Crippen LogP contribution in [0.15, 0.2) is 34.1 Å². The quantitative estimate of drug-likeness (QED) is 0.650. The Morgan fingerprint density at radius 1 is 1.45 bits per heavy atom. The zero-order chi connectivity index (χ0) is 14.7. The number of halogens is 1. The molecule has 0 unspecified atom stereocenters. The van der Waals surface area contributed by atoms with Crippen LogP contribution in [-0.4, -0.2) is 16.0 Å². The fraction of sp³-hybridized carbons (Fsp3) is 0.0833. The minimum atomic E-state index is -1.22. The molecule has 0 amide bonds. The molecule has 1 heterocycles. The second kappa shape index (κ2) is 6.02. The highest BCUT2D eigenvalue weighted by Gasteiger charge is 2.18. The van der Waals surface area contributed by atoms with Gasteiger partial charge in [-0.25, -0.2) is 4.79 Å². The highest BCUT2D eigenvalue weighted by atomic mass is 79.9. The van der Waals surface area contributed by atoms with Crippen LogP contribution in [0, 0.1) is 10.1 Å². The van der Waals surface area contributed by atoms with Gasteiger partial charge in [0.1, 0.15) is 6.61 Å². The van der Waals surface area contributed by atoms with E-state index in [9.17, 15) is 14.9 Å². The fourth-order valence-corrected chi connectivity index (χ4v) is 2.86. The molecule has 8 heteroatoms. The number of aromatic carboxylic acids is 1. The summed E-state index contributed by atoms with van der Waals surface area (Å²) in [6, 6.07) is 5.41. The molecule has 104 valence electrons. The summed E-state index contributed by atoms with van der Waals surface area (Å²) in [6.45, 7) is 0.184. The lowest BCUT2D eigenvalue weighted by Gasteiger charge is -2.06. The van der Waals surface area contributed by atoms with Crippen molar-refractivity contribution in [2.45, 2.75) is 6.61 Å². The number of benzene rings is 1. The highest BCUT2D eigenvalue weighted by Crippen LogP contribution is 2.29. The summed E-state index contributed by atoms with van der Waals surface area (Å²) in [5.41, 5.74) is -0.511. The van der Waals surface area contributed by atoms with Crippen molar-refractivity contribution in [2.24, 2.45) is 0 Å². The predicted molar refractivity (Wildman–Crippen MR) is 76.4 cm³/mol. The Bertz CT molecular complexity index is 670. The summed E-state index contributed by atoms with van der Waals surface area (Å²) in [6.07, 6.45) is 0. The van der Waals surface area contributed by atoms with Crippen molar-refractivity contribution < 1.29 is 19.6 Å². The van der Waals surface area contributed by atoms with Crippen LogP contribution >= 0.6 is 27.3 Å². The third-order valence-corrected chi connectivity index (χ3v) is 4.07. The number of carbonyl (C=O) groups is 1. The molecule has 0 saturated carbocycles. The first-order valence-electron chi connectivity index (χ1n) is 5.35. The largest absolute Gasteiger partial charge is 0.481 e. The van der Waals surface area contributed by atoms with Crippen molar-refractivity contribution in [3.63, 3.8) is 0 Å². The van der Waals surface area contributed by atoms with Gasteiger partial charge in [-0.1, -0.05) is 0 Å². The van der Waals surface area contributed by atoms with E-state index in [1.54, 1.807) is 0 Å². The molecule has 0 aliphatic carbocycles. The molecule has 2 rings (SSSR count). The van der Waals surface area contributed by atoms with Gasteiger partial charge in [-0.15, -0.1) is 11.3 Å². The summed E-state index contributed by atoms with van der Waals surface area (Å²) in [5.74, 6) is -1.17. The topological polar surface area (TPSA) is 89.7 Å². The number of carboxylic acids is 1. The van der Waals surface area contributed by atoms with Crippen LogP contribution in [0.2, 0.25) is 0 Å². The lowest BCUT2D eigenvalue weighted by molar-refractivity contribution is -0.386. The number of ether oxygens (including phenoxy) is 1. The first-order chi connectivity index (χ1) is 9.47. The number of hydrogen-bond donors (Lipinski definition) is 1. The van der Waals surface area contributed by atoms with E-state index in [4.69, 9.17) is 9.84 Å². The van der Waals surface area contributed by atoms with Gasteiger partial charge in [0.05, 0.1) is 10.5 Å². The van der Waals surface area contributed by atoms with E-state index in [1.165, 1.54) is 23.5 Å². The Kier molecular flexibility index (Phi) is 4.35. The van der Waals surface area contributed by atoms with Crippen LogP contribution in [0.5, 0.6) is 5.75 Å². The number of nitro groups is 1. The maximum Gasteiger partial charge on any atom is 0.335 e. The molecule has 6 nitrogen and oxygen atoms in total. The van der Waals surface area contributed by atoms with E-state index in [1.807, 2.05) is 11.4 Å². The molecule has 1 aromatic carbocycles. The summed E-state index contributed by atoms with van der Waals surface area (Å²) in [7, 11) is 0. The van der Waals surface area contributed by atoms with Gasteiger partial charge in [-0.2, -0.15) is 0 Å². The normalized spacial score (nSPS) is 10.2. The monoisotopic (exact) mass is 357 g/mol. The number of nitrogens with zero attached hydrogens (tertiary/aromatic N) is 1. The van der Waals surface area contributed by atoms with Gasteiger partial charge in [-0.05, 0) is 34.1 Å². The molecule has 0 bridgehead atoms. The fourth-order valence-electron chi connectivity index (χ4n) is 1.49. The van der Waals surface area contributed by atoms with Crippen LogP contribution in [0.3, 0.4) is 0 Å². The molecular formula is C12H8BrNO5S. The summed E-state index contributed by atoms with van der Waals surface area (Å²) < 4.78 is 6.30. The van der Waals surface area contributed by atoms with Gasteiger partial charge in [0.2, 0.25) is 0 Å². The maximum absolute atomic E-state index is 10.9. The zero-order valence-corrected chi connectivity index (χ0v) is 12.3. The molecule has 1 N–H and O–H groups in total. The van der Waals surface area contributed by atoms with E-state index >= 15 is 0 Å². The van der Waals surface area contributed by atoms with E-state index in [2.05, 4.69) is 15.9 Å². The van der Waals surface area contributed by atoms with Crippen molar-refractivity contribution in [3.8, 4) is 5.75 Å². The number of hydrogen-bond acceptors (Lipinski definition) is 5. The van der Waals surface area contributed by atoms with Gasteiger partial charge >= 0.3 is 11.7 Å². The molecule has 1 aromatic heterocycles. The number of carboxylic acid groups (broad SMARTS) is 1. The van der Waals surface area contributed by atoms with Crippen LogP contribution in [-0.2, 0) is 6.61 Å². The minimum absolute atomic E-state index is 0.0459. The van der Waals surface area contributed by atoms with Crippen molar-refractivity contribution in [2.75, 3.05) is 0 Å². The summed E-state index contributed by atoms with van der Waals surface area (Å²) in [4.78, 5) is 22.0. The zero-order valence-electron chi connectivity index (χ0n) is 9.91. The standard InChI is InChI=1S/C12H8BrNO5S/c13-8-4-9(20-6-8)5-19-11-2-1-7(12(15)16)3-10(11)14(17)18/h1-4,6H,5H2,(H,15,16). The van der Waals surface area contributed by atoms with Crippen LogP contribution in [0.1, 0.15) is 15.2 Å². The first-order valence-corrected chi connectivity index (χ1v) is 7.02. The second-order valence-electron chi connectivity index (χ2n) is 3.76. The Hall–Kier alpha value is -1.93. The molecular weight excluding hydrogens is 350 g/mol. The highest BCUT2D eigenvalue weighted by molar-refractivity contribution is 9.10. The Morgan fingerprint density at radius 3 is 2.75 bits per heavy atom. The molecule has 0 aliphatic heterocycles.